The molecule has 3 N–H and O–H groups in total. The first-order valence-corrected chi connectivity index (χ1v) is 13.6. The lowest BCUT2D eigenvalue weighted by molar-refractivity contribution is -0.844. The number of hydrogen-bond acceptors (Lipinski definition) is 7. The van der Waals surface area contributed by atoms with E-state index < -0.39 is 42.6 Å². The molecule has 0 bridgehead atoms. The van der Waals surface area contributed by atoms with Crippen LogP contribution in [0.15, 0.2) is 48.5 Å². The van der Waals surface area contributed by atoms with Crippen molar-refractivity contribution in [3.63, 3.8) is 0 Å². The number of likely N-dealkylation sites (N-methyl/N-ethyl adjacent to an activating group) is 1. The van der Waals surface area contributed by atoms with E-state index in [0.29, 0.717) is 18.7 Å². The van der Waals surface area contributed by atoms with E-state index in [1.165, 1.54) is 6.92 Å². The highest BCUT2D eigenvalue weighted by molar-refractivity contribution is 6.65. The molecule has 2 saturated heterocycles. The normalized spacial score (nSPS) is 28.4. The number of benzene rings is 1. The maximum atomic E-state index is 13.6. The number of quaternary nitrogens is 1. The first-order valence-electron chi connectivity index (χ1n) is 13.6. The highest BCUT2D eigenvalue weighted by Gasteiger charge is 2.70. The molecule has 3 heterocycles. The van der Waals surface area contributed by atoms with Crippen LogP contribution in [0, 0.1) is 5.92 Å². The maximum Gasteiger partial charge on any atom is 0.549 e. The topological polar surface area (TPSA) is 127 Å². The minimum Gasteiger partial charge on any atom is -0.609 e. The van der Waals surface area contributed by atoms with Crippen LogP contribution in [0.5, 0.6) is 0 Å². The molecule has 1 aromatic carbocycles. The summed E-state index contributed by atoms with van der Waals surface area (Å²) in [5.41, 5.74) is 1.58. The summed E-state index contributed by atoms with van der Waals surface area (Å²) in [4.78, 5) is 44.0. The van der Waals surface area contributed by atoms with Gasteiger partial charge in [0.1, 0.15) is 17.8 Å². The van der Waals surface area contributed by atoms with Gasteiger partial charge in [-0.15, -0.1) is 0 Å². The van der Waals surface area contributed by atoms with Gasteiger partial charge in [0.15, 0.2) is 0 Å². The first-order chi connectivity index (χ1) is 18.4. The molecule has 0 radical (unpaired) electrons. The Labute approximate surface area is 229 Å². The van der Waals surface area contributed by atoms with Crippen molar-refractivity contribution in [2.45, 2.75) is 71.2 Å². The predicted octanol–water partition coefficient (Wildman–Crippen LogP) is 2.05. The minimum atomic E-state index is -2.28. The number of aliphatic hydroxyl groups is 1. The lowest BCUT2D eigenvalue weighted by Gasteiger charge is -2.51. The molecule has 4 rings (SSSR count). The lowest BCUT2D eigenvalue weighted by atomic mass is 9.57. The Morgan fingerprint density at radius 3 is 2.44 bits per heavy atom. The number of nitrogens with zero attached hydrogens (tertiary/aromatic N) is 2. The molecular weight excluding hydrogens is 499 g/mol. The molecular formula is C28H39BN4O6. The van der Waals surface area contributed by atoms with E-state index in [9.17, 15) is 19.5 Å². The van der Waals surface area contributed by atoms with Crippen molar-refractivity contribution >= 4 is 24.5 Å². The summed E-state index contributed by atoms with van der Waals surface area (Å²) in [6.45, 7) is 7.38. The van der Waals surface area contributed by atoms with Crippen LogP contribution in [0.25, 0.3) is 11.3 Å². The molecule has 2 aromatic rings. The summed E-state index contributed by atoms with van der Waals surface area (Å²) in [6.07, 6.45) is -0.724. The molecule has 2 aliphatic heterocycles. The van der Waals surface area contributed by atoms with Crippen LogP contribution in [0.2, 0.25) is 0 Å². The lowest BCUT2D eigenvalue weighted by Crippen LogP contribution is -2.75. The molecule has 1 aromatic heterocycles. The fraction of sp³-hybridized carbons (Fsp3) is 0.500. The van der Waals surface area contributed by atoms with Crippen molar-refractivity contribution < 1.29 is 33.2 Å². The van der Waals surface area contributed by atoms with Gasteiger partial charge in [-0.1, -0.05) is 56.7 Å². The fourth-order valence-corrected chi connectivity index (χ4v) is 5.94. The molecule has 39 heavy (non-hydrogen) atoms. The Morgan fingerprint density at radius 1 is 1.10 bits per heavy atom. The molecule has 11 heteroatoms. The summed E-state index contributed by atoms with van der Waals surface area (Å²) in [6, 6.07) is 12.8. The highest BCUT2D eigenvalue weighted by Crippen LogP contribution is 2.44. The van der Waals surface area contributed by atoms with Crippen LogP contribution in [0.1, 0.15) is 51.5 Å². The number of aromatic nitrogens is 1. The number of carbonyl (C=O) groups excluding carboxylic acids is 3. The second-order valence-electron chi connectivity index (χ2n) is 11.5. The average Bonchev–Trinajstić information content (AvgIpc) is 3.28. The van der Waals surface area contributed by atoms with Crippen LogP contribution in [0.4, 0.5) is 0 Å². The third-order valence-corrected chi connectivity index (χ3v) is 8.43. The van der Waals surface area contributed by atoms with Gasteiger partial charge in [-0.3, -0.25) is 9.59 Å². The number of fused-ring (bicyclic) bond motifs is 1. The van der Waals surface area contributed by atoms with Gasteiger partial charge in [-0.25, -0.2) is 9.78 Å². The van der Waals surface area contributed by atoms with E-state index in [1.54, 1.807) is 18.2 Å². The smallest absolute Gasteiger partial charge is 0.549 e. The fourth-order valence-electron chi connectivity index (χ4n) is 5.94. The Kier molecular flexibility index (Phi) is 8.16. The standard InChI is InChI=1S/C28H39BN4O6/c1-17(2)15-24(29-33(6,18(3)16-38-29)19(4)28(37)39-29)31-27(36)25(20(5)34)32-26(35)23-14-10-13-22(30-23)21-11-8-7-9-12-21/h7-14,17-20,24-25,34H,15-16H2,1-6H3,(H,31,36)(H,32,35)/t18-,19-,20-,24+,25+,29?,33?/m1/s1. The second-order valence-corrected chi connectivity index (χ2v) is 11.5. The monoisotopic (exact) mass is 538 g/mol. The van der Waals surface area contributed by atoms with E-state index in [4.69, 9.17) is 9.31 Å². The van der Waals surface area contributed by atoms with Gasteiger partial charge in [0.05, 0.1) is 24.4 Å². The summed E-state index contributed by atoms with van der Waals surface area (Å²) in [5.74, 6) is -2.07. The van der Waals surface area contributed by atoms with Crippen molar-refractivity contribution in [3.8, 4) is 11.3 Å². The van der Waals surface area contributed by atoms with Crippen molar-refractivity contribution in [2.24, 2.45) is 5.92 Å². The van der Waals surface area contributed by atoms with Crippen molar-refractivity contribution in [2.75, 3.05) is 13.7 Å². The van der Waals surface area contributed by atoms with Gasteiger partial charge >= 0.3 is 12.7 Å². The van der Waals surface area contributed by atoms with Crippen LogP contribution in [-0.2, 0) is 18.9 Å². The highest BCUT2D eigenvalue weighted by atomic mass is 16.7. The van der Waals surface area contributed by atoms with Crippen molar-refractivity contribution in [3.05, 3.63) is 54.2 Å². The predicted molar refractivity (Wildman–Crippen MR) is 147 cm³/mol. The van der Waals surface area contributed by atoms with Crippen LogP contribution in [0.3, 0.4) is 0 Å². The van der Waals surface area contributed by atoms with E-state index in [2.05, 4.69) is 15.6 Å². The Bertz CT molecular complexity index is 1230. The molecule has 210 valence electrons. The van der Waals surface area contributed by atoms with Crippen molar-refractivity contribution in [1.82, 2.24) is 15.6 Å². The molecule has 2 fully saturated rings. The summed E-state index contributed by atoms with van der Waals surface area (Å²) >= 11 is 0. The maximum absolute atomic E-state index is 13.6. The van der Waals surface area contributed by atoms with Crippen LogP contribution < -0.4 is 10.6 Å². The SMILES string of the molecule is CC(C)C[C@H](NC(=O)[C@@H](NC(=O)c1cccc(-c2ccccc2)n1)[C@@H](C)O)[B-]12OC[C@@H](C)[N+]1(C)[C@H](C)C(=O)O2. The largest absolute Gasteiger partial charge is 0.609 e. The van der Waals surface area contributed by atoms with E-state index in [1.807, 2.05) is 65.1 Å². The van der Waals surface area contributed by atoms with E-state index in [0.717, 1.165) is 5.56 Å². The molecule has 0 saturated carbocycles. The third-order valence-electron chi connectivity index (χ3n) is 8.43. The van der Waals surface area contributed by atoms with E-state index in [-0.39, 0.29) is 28.0 Å². The molecule has 7 atom stereocenters. The average molecular weight is 538 g/mol. The molecule has 10 nitrogen and oxygen atoms in total. The second kappa shape index (κ2) is 11.1. The molecule has 2 unspecified atom stereocenters. The van der Waals surface area contributed by atoms with Gasteiger partial charge in [0, 0.05) is 18.6 Å². The Balaban J connectivity index is 1.57. The van der Waals surface area contributed by atoms with Gasteiger partial charge in [-0.2, -0.15) is 0 Å². The minimum absolute atomic E-state index is 0.0201. The third kappa shape index (κ3) is 5.18. The molecule has 0 spiro atoms. The number of nitrogens with one attached hydrogen (secondary N) is 2. The van der Waals surface area contributed by atoms with Crippen LogP contribution >= 0.6 is 0 Å². The number of carbonyl (C=O) groups is 3. The number of hydrogen-bond donors (Lipinski definition) is 3. The van der Waals surface area contributed by atoms with Crippen LogP contribution in [-0.4, -0.2) is 82.8 Å². The number of pyridine rings is 1. The zero-order valence-electron chi connectivity index (χ0n) is 23.5. The number of amides is 2. The van der Waals surface area contributed by atoms with E-state index >= 15 is 0 Å². The zero-order valence-corrected chi connectivity index (χ0v) is 23.5. The summed E-state index contributed by atoms with van der Waals surface area (Å²) in [5, 5.41) is 16.2. The molecule has 0 aliphatic carbocycles. The zero-order chi connectivity index (χ0) is 28.5. The number of rotatable bonds is 9. The van der Waals surface area contributed by atoms with Gasteiger partial charge in [0.2, 0.25) is 5.91 Å². The molecule has 2 aliphatic rings. The van der Waals surface area contributed by atoms with Gasteiger partial charge in [-0.05, 0) is 38.8 Å². The summed E-state index contributed by atoms with van der Waals surface area (Å²) < 4.78 is 12.4. The summed E-state index contributed by atoms with van der Waals surface area (Å²) in [7, 11) is 1.94. The van der Waals surface area contributed by atoms with Crippen molar-refractivity contribution in [1.29, 1.82) is 0 Å². The Morgan fingerprint density at radius 2 is 1.79 bits per heavy atom. The number of aliphatic hydroxyl groups excluding tert-OH is 1. The quantitative estimate of drug-likeness (QED) is 0.417. The van der Waals surface area contributed by atoms with Gasteiger partial charge in [0.25, 0.3) is 5.91 Å². The van der Waals surface area contributed by atoms with Gasteiger partial charge < -0.3 is 29.4 Å². The molecule has 2 amide bonds. The first kappa shape index (κ1) is 28.7. The Hall–Kier alpha value is -3.28.